The first-order chi connectivity index (χ1) is 10.3. The highest BCUT2D eigenvalue weighted by atomic mass is 32.7. The molecule has 1 aliphatic carbocycles. The van der Waals surface area contributed by atoms with Crippen molar-refractivity contribution in [3.05, 3.63) is 12.0 Å². The van der Waals surface area contributed by atoms with E-state index in [1.807, 2.05) is 18.7 Å². The minimum Gasteiger partial charge on any atom is -0.369 e. The quantitative estimate of drug-likeness (QED) is 0.269. The van der Waals surface area contributed by atoms with Crippen molar-refractivity contribution < 1.29 is 18.8 Å². The molecule has 1 N–H and O–H groups in total. The normalized spacial score (nSPS) is 24.5. The van der Waals surface area contributed by atoms with Crippen molar-refractivity contribution in [3.63, 3.8) is 0 Å². The Morgan fingerprint density at radius 1 is 1.59 bits per heavy atom. The summed E-state index contributed by atoms with van der Waals surface area (Å²) in [4.78, 5) is 30.4. The van der Waals surface area contributed by atoms with E-state index in [-0.39, 0.29) is 17.8 Å². The van der Waals surface area contributed by atoms with Gasteiger partial charge in [-0.15, -0.1) is 0 Å². The summed E-state index contributed by atoms with van der Waals surface area (Å²) in [7, 11) is 3.66. The molecule has 10 heteroatoms. The molecule has 3 unspecified atom stereocenters. The van der Waals surface area contributed by atoms with Gasteiger partial charge >= 0.3 is 6.80 Å². The van der Waals surface area contributed by atoms with Crippen LogP contribution in [-0.4, -0.2) is 52.2 Å². The van der Waals surface area contributed by atoms with Crippen LogP contribution >= 0.6 is 19.0 Å². The molecule has 0 aromatic carbocycles. The van der Waals surface area contributed by atoms with Crippen LogP contribution in [0.1, 0.15) is 35.8 Å². The van der Waals surface area contributed by atoms with Crippen molar-refractivity contribution in [1.82, 2.24) is 14.5 Å². The molecule has 1 aromatic rings. The lowest BCUT2D eigenvalue weighted by Crippen LogP contribution is -2.10. The van der Waals surface area contributed by atoms with Crippen LogP contribution in [0.3, 0.4) is 0 Å². The van der Waals surface area contributed by atoms with Crippen LogP contribution in [0.2, 0.25) is 0 Å². The van der Waals surface area contributed by atoms with Gasteiger partial charge < -0.3 is 14.4 Å². The lowest BCUT2D eigenvalue weighted by atomic mass is 10.2. The van der Waals surface area contributed by atoms with Gasteiger partial charge in [0.1, 0.15) is 5.69 Å². The first-order valence-electron chi connectivity index (χ1n) is 6.76. The molecule has 1 aromatic heterocycles. The van der Waals surface area contributed by atoms with Gasteiger partial charge in [-0.2, -0.15) is 0 Å². The number of nitrogens with zero attached hydrogens (tertiary/aromatic N) is 4. The van der Waals surface area contributed by atoms with Crippen molar-refractivity contribution in [2.45, 2.75) is 31.4 Å². The van der Waals surface area contributed by atoms with Crippen molar-refractivity contribution in [2.24, 2.45) is 4.99 Å². The average molecular weight is 346 g/mol. The molecule has 0 radical (unpaired) electrons. The number of hydrogen-bond acceptors (Lipinski definition) is 5. The fraction of sp³-hybridized carbons (Fsp3) is 0.583. The van der Waals surface area contributed by atoms with Crippen LogP contribution in [0, 0.1) is 0 Å². The Morgan fingerprint density at radius 2 is 2.32 bits per heavy atom. The number of aromatic nitrogens is 2. The second-order valence-electron chi connectivity index (χ2n) is 5.37. The Kier molecular flexibility index (Phi) is 5.44. The Hall–Kier alpha value is -1.15. The number of hydrogen-bond donors (Lipinski definition) is 2. The van der Waals surface area contributed by atoms with Crippen molar-refractivity contribution in [2.75, 3.05) is 14.1 Å². The van der Waals surface area contributed by atoms with E-state index in [9.17, 15) is 14.3 Å². The molecule has 0 saturated heterocycles. The Morgan fingerprint density at radius 3 is 2.91 bits per heavy atom. The maximum atomic E-state index is 11.2. The summed E-state index contributed by atoms with van der Waals surface area (Å²) in [5.41, 5.74) is 0.268. The van der Waals surface area contributed by atoms with E-state index in [0.717, 1.165) is 6.42 Å². The summed E-state index contributed by atoms with van der Waals surface area (Å²) in [6.45, 7) is -3.79. The molecule has 1 fully saturated rings. The van der Waals surface area contributed by atoms with Gasteiger partial charge in [-0.3, -0.25) is 9.32 Å². The summed E-state index contributed by atoms with van der Waals surface area (Å²) >= 11 is 3.54. The lowest BCUT2D eigenvalue weighted by Gasteiger charge is -2.15. The molecular weight excluding hydrogens is 327 g/mol. The smallest absolute Gasteiger partial charge is 0.369 e. The topological polar surface area (TPSA) is 97.0 Å². The van der Waals surface area contributed by atoms with E-state index in [2.05, 4.69) is 22.2 Å². The zero-order chi connectivity index (χ0) is 16.3. The van der Waals surface area contributed by atoms with Gasteiger partial charge in [0, 0.05) is 20.1 Å². The minimum atomic E-state index is -3.79. The number of aliphatic imine (C=N–C) groups is 1. The first-order valence-corrected chi connectivity index (χ1v) is 9.49. The van der Waals surface area contributed by atoms with Crippen LogP contribution in [-0.2, 0) is 9.09 Å². The number of imidazole rings is 1. The molecule has 122 valence electrons. The van der Waals surface area contributed by atoms with E-state index in [1.165, 1.54) is 0 Å². The second kappa shape index (κ2) is 6.95. The molecule has 3 atom stereocenters. The maximum Gasteiger partial charge on any atom is 0.383 e. The molecule has 0 amide bonds. The number of carbonyl (C=O) groups excluding carboxylic acids is 1. The standard InChI is InChI=1S/C12H19N4O4PS/c1-15(2)7-14-12-11(6-17)13-8-16(12)9-3-4-10(5-9)20-21(18,19)22/h6-10H,3-5H2,1-2H3,(H2,18,19,22)/b14-7-. The largest absolute Gasteiger partial charge is 0.383 e. The SMILES string of the molecule is CN(C)/C=N\c1c(C=O)ncn1C1CCC(OP(=O)(O)S)C1. The number of rotatable bonds is 6. The van der Waals surface area contributed by atoms with Crippen LogP contribution in [0.25, 0.3) is 0 Å². The summed E-state index contributed by atoms with van der Waals surface area (Å²) in [5, 5.41) is 0. The molecule has 0 bridgehead atoms. The van der Waals surface area contributed by atoms with Crippen molar-refractivity contribution in [3.8, 4) is 0 Å². The Labute approximate surface area is 133 Å². The van der Waals surface area contributed by atoms with Crippen LogP contribution in [0.15, 0.2) is 11.3 Å². The molecular formula is C12H19N4O4PS. The zero-order valence-corrected chi connectivity index (χ0v) is 14.2. The third kappa shape index (κ3) is 4.42. The van der Waals surface area contributed by atoms with Crippen LogP contribution < -0.4 is 0 Å². The van der Waals surface area contributed by atoms with E-state index in [1.54, 1.807) is 17.6 Å². The van der Waals surface area contributed by atoms with Gasteiger partial charge in [-0.1, -0.05) is 12.2 Å². The van der Waals surface area contributed by atoms with Crippen LogP contribution in [0.5, 0.6) is 0 Å². The summed E-state index contributed by atoms with van der Waals surface area (Å²) in [5.74, 6) is 0.479. The van der Waals surface area contributed by atoms with E-state index in [0.29, 0.717) is 24.9 Å². The van der Waals surface area contributed by atoms with E-state index in [4.69, 9.17) is 4.52 Å². The fourth-order valence-corrected chi connectivity index (χ4v) is 3.46. The highest BCUT2D eigenvalue weighted by Gasteiger charge is 2.32. The highest BCUT2D eigenvalue weighted by molar-refractivity contribution is 8.44. The third-order valence-electron chi connectivity index (χ3n) is 3.35. The minimum absolute atomic E-state index is 0.0143. The molecule has 1 aliphatic rings. The molecule has 0 spiro atoms. The van der Waals surface area contributed by atoms with Gasteiger partial charge in [-0.05, 0) is 19.3 Å². The summed E-state index contributed by atoms with van der Waals surface area (Å²) < 4.78 is 18.1. The van der Waals surface area contributed by atoms with E-state index >= 15 is 0 Å². The molecule has 22 heavy (non-hydrogen) atoms. The van der Waals surface area contributed by atoms with Gasteiger partial charge in [0.2, 0.25) is 0 Å². The summed E-state index contributed by atoms with van der Waals surface area (Å²) in [6, 6.07) is 0.0143. The van der Waals surface area contributed by atoms with Gasteiger partial charge in [0.05, 0.1) is 18.8 Å². The molecule has 1 saturated carbocycles. The summed E-state index contributed by atoms with van der Waals surface area (Å²) in [6.07, 6.45) is 5.42. The van der Waals surface area contributed by atoms with Crippen LogP contribution in [0.4, 0.5) is 5.82 Å². The van der Waals surface area contributed by atoms with Gasteiger partial charge in [0.15, 0.2) is 12.1 Å². The fourth-order valence-electron chi connectivity index (χ4n) is 2.48. The number of thiol groups is 1. The maximum absolute atomic E-state index is 11.2. The van der Waals surface area contributed by atoms with Crippen molar-refractivity contribution >= 4 is 37.5 Å². The lowest BCUT2D eigenvalue weighted by molar-refractivity contribution is 0.112. The highest BCUT2D eigenvalue weighted by Crippen LogP contribution is 2.51. The molecule has 8 nitrogen and oxygen atoms in total. The van der Waals surface area contributed by atoms with Crippen molar-refractivity contribution in [1.29, 1.82) is 0 Å². The monoisotopic (exact) mass is 346 g/mol. The predicted octanol–water partition coefficient (Wildman–Crippen LogP) is 2.06. The Balaban J connectivity index is 2.18. The predicted molar refractivity (Wildman–Crippen MR) is 86.0 cm³/mol. The Bertz CT molecular complexity index is 612. The zero-order valence-electron chi connectivity index (χ0n) is 12.4. The number of carbonyl (C=O) groups is 1. The third-order valence-corrected chi connectivity index (χ3v) is 4.21. The second-order valence-corrected chi connectivity index (χ2v) is 8.08. The average Bonchev–Trinajstić information content (AvgIpc) is 2.99. The molecule has 2 rings (SSSR count). The van der Waals surface area contributed by atoms with E-state index < -0.39 is 6.80 Å². The van der Waals surface area contributed by atoms with Gasteiger partial charge in [-0.25, -0.2) is 14.5 Å². The number of aldehydes is 1. The first kappa shape index (κ1) is 17.2. The van der Waals surface area contributed by atoms with Gasteiger partial charge in [0.25, 0.3) is 0 Å². The molecule has 0 aliphatic heterocycles. The molecule has 1 heterocycles.